The van der Waals surface area contributed by atoms with E-state index in [1.54, 1.807) is 31.4 Å². The van der Waals surface area contributed by atoms with Crippen LogP contribution in [-0.4, -0.2) is 24.7 Å². The van der Waals surface area contributed by atoms with Gasteiger partial charge in [-0.25, -0.2) is 0 Å². The van der Waals surface area contributed by atoms with Crippen molar-refractivity contribution in [3.63, 3.8) is 0 Å². The van der Waals surface area contributed by atoms with Gasteiger partial charge in [-0.15, -0.1) is 6.58 Å². The molecule has 1 amide bonds. The molecule has 0 aliphatic rings. The molecule has 5 nitrogen and oxygen atoms in total. The molecule has 0 aliphatic heterocycles. The van der Waals surface area contributed by atoms with E-state index in [2.05, 4.69) is 37.6 Å². The summed E-state index contributed by atoms with van der Waals surface area (Å²) in [7, 11) is 3.09. The maximum Gasteiger partial charge on any atom is 0.283 e. The number of thiazole rings is 1. The van der Waals surface area contributed by atoms with E-state index in [1.807, 2.05) is 4.57 Å². The van der Waals surface area contributed by atoms with E-state index in [0.29, 0.717) is 28.4 Å². The predicted molar refractivity (Wildman–Crippen MR) is 109 cm³/mol. The lowest BCUT2D eigenvalue weighted by atomic mass is 10.1. The summed E-state index contributed by atoms with van der Waals surface area (Å²) in [5.41, 5.74) is 3.83. The van der Waals surface area contributed by atoms with Crippen LogP contribution in [-0.2, 0) is 6.54 Å². The highest BCUT2D eigenvalue weighted by Gasteiger charge is 2.15. The van der Waals surface area contributed by atoms with Crippen molar-refractivity contribution in [2.75, 3.05) is 14.2 Å². The summed E-state index contributed by atoms with van der Waals surface area (Å²) >= 11 is 1.49. The number of hydrogen-bond donors (Lipinski definition) is 0. The first-order chi connectivity index (χ1) is 13.0. The highest BCUT2D eigenvalue weighted by atomic mass is 32.1. The predicted octanol–water partition coefficient (Wildman–Crippen LogP) is 4.26. The zero-order chi connectivity index (χ0) is 19.6. The summed E-state index contributed by atoms with van der Waals surface area (Å²) in [6.45, 7) is 8.56. The molecule has 0 unspecified atom stereocenters. The molecule has 2 aromatic carbocycles. The van der Waals surface area contributed by atoms with Gasteiger partial charge in [0.25, 0.3) is 5.91 Å². The monoisotopic (exact) mass is 382 g/mol. The smallest absolute Gasteiger partial charge is 0.283 e. The molecule has 0 saturated carbocycles. The molecule has 0 spiro atoms. The summed E-state index contributed by atoms with van der Waals surface area (Å²) in [5, 5.41) is 0. The van der Waals surface area contributed by atoms with Gasteiger partial charge < -0.3 is 14.0 Å². The van der Waals surface area contributed by atoms with Crippen LogP contribution < -0.4 is 14.3 Å². The van der Waals surface area contributed by atoms with Crippen molar-refractivity contribution >= 4 is 27.5 Å². The molecule has 0 saturated heterocycles. The summed E-state index contributed by atoms with van der Waals surface area (Å²) in [5.74, 6) is 0.673. The van der Waals surface area contributed by atoms with Crippen molar-refractivity contribution in [2.24, 2.45) is 4.99 Å². The molecule has 0 atom stereocenters. The number of hydrogen-bond acceptors (Lipinski definition) is 4. The van der Waals surface area contributed by atoms with E-state index in [4.69, 9.17) is 9.47 Å². The second kappa shape index (κ2) is 7.80. The van der Waals surface area contributed by atoms with Crippen LogP contribution >= 0.6 is 11.3 Å². The second-order valence-corrected chi connectivity index (χ2v) is 7.18. The minimum Gasteiger partial charge on any atom is -0.497 e. The standard InChI is InChI=1S/C21H22N2O3S/c1-6-9-23-17-10-13(2)14(3)11-19(17)27-21(23)22-20(24)16-12-15(25-4)7-8-18(16)26-5/h6-8,10-12H,1,9H2,2-5H3. The molecule has 0 bridgehead atoms. The number of aryl methyl sites for hydroxylation is 2. The number of carbonyl (C=O) groups is 1. The van der Waals surface area contributed by atoms with Gasteiger partial charge >= 0.3 is 0 Å². The molecule has 3 rings (SSSR count). The number of carbonyl (C=O) groups excluding carboxylic acids is 1. The largest absolute Gasteiger partial charge is 0.497 e. The van der Waals surface area contributed by atoms with Crippen LogP contribution in [0.3, 0.4) is 0 Å². The average Bonchev–Trinajstić information content (AvgIpc) is 2.98. The Kier molecular flexibility index (Phi) is 5.46. The fourth-order valence-electron chi connectivity index (χ4n) is 2.84. The maximum absolute atomic E-state index is 12.9. The normalized spacial score (nSPS) is 11.6. The van der Waals surface area contributed by atoms with Crippen LogP contribution in [0.4, 0.5) is 0 Å². The van der Waals surface area contributed by atoms with Crippen LogP contribution in [0.2, 0.25) is 0 Å². The molecule has 1 heterocycles. The summed E-state index contributed by atoms with van der Waals surface area (Å²) in [6.07, 6.45) is 1.80. The van der Waals surface area contributed by atoms with Gasteiger partial charge in [-0.2, -0.15) is 4.99 Å². The minimum atomic E-state index is -0.372. The minimum absolute atomic E-state index is 0.367. The average molecular weight is 382 g/mol. The third kappa shape index (κ3) is 3.66. The third-order valence-electron chi connectivity index (χ3n) is 4.44. The lowest BCUT2D eigenvalue weighted by molar-refractivity contribution is 0.0994. The Labute approximate surface area is 162 Å². The molecule has 0 fully saturated rings. The Bertz CT molecular complexity index is 1090. The highest BCUT2D eigenvalue weighted by Crippen LogP contribution is 2.25. The third-order valence-corrected chi connectivity index (χ3v) is 5.49. The van der Waals surface area contributed by atoms with Crippen LogP contribution in [0.1, 0.15) is 21.5 Å². The first-order valence-electron chi connectivity index (χ1n) is 8.51. The van der Waals surface area contributed by atoms with E-state index in [-0.39, 0.29) is 5.91 Å². The van der Waals surface area contributed by atoms with Crippen LogP contribution in [0.5, 0.6) is 11.5 Å². The number of fused-ring (bicyclic) bond motifs is 1. The van der Waals surface area contributed by atoms with E-state index in [1.165, 1.54) is 29.6 Å². The van der Waals surface area contributed by atoms with Crippen molar-refractivity contribution in [3.8, 4) is 11.5 Å². The van der Waals surface area contributed by atoms with Gasteiger partial charge in [0.2, 0.25) is 0 Å². The Hall–Kier alpha value is -2.86. The Morgan fingerprint density at radius 2 is 1.93 bits per heavy atom. The highest BCUT2D eigenvalue weighted by molar-refractivity contribution is 7.16. The molecular formula is C21H22N2O3S. The number of benzene rings is 2. The van der Waals surface area contributed by atoms with Gasteiger partial charge in [0.05, 0.1) is 30.0 Å². The SMILES string of the molecule is C=CCn1c(=NC(=O)c2cc(OC)ccc2OC)sc2cc(C)c(C)cc21. The number of allylic oxidation sites excluding steroid dienone is 1. The first-order valence-corrected chi connectivity index (χ1v) is 9.32. The summed E-state index contributed by atoms with van der Waals surface area (Å²) in [4.78, 5) is 17.9. The second-order valence-electron chi connectivity index (χ2n) is 6.17. The van der Waals surface area contributed by atoms with Gasteiger partial charge in [-0.1, -0.05) is 17.4 Å². The topological polar surface area (TPSA) is 52.8 Å². The number of ether oxygens (including phenoxy) is 2. The number of methoxy groups -OCH3 is 2. The molecule has 0 N–H and O–H groups in total. The number of nitrogens with zero attached hydrogens (tertiary/aromatic N) is 2. The number of rotatable bonds is 5. The lowest BCUT2D eigenvalue weighted by Crippen LogP contribution is -2.16. The van der Waals surface area contributed by atoms with Gasteiger partial charge in [-0.3, -0.25) is 4.79 Å². The van der Waals surface area contributed by atoms with E-state index < -0.39 is 0 Å². The Morgan fingerprint density at radius 1 is 1.19 bits per heavy atom. The molecule has 0 radical (unpaired) electrons. The molecule has 0 aliphatic carbocycles. The van der Waals surface area contributed by atoms with Gasteiger partial charge in [0.1, 0.15) is 11.5 Å². The zero-order valence-corrected chi connectivity index (χ0v) is 16.7. The number of aromatic nitrogens is 1. The zero-order valence-electron chi connectivity index (χ0n) is 15.9. The summed E-state index contributed by atoms with van der Waals surface area (Å²) < 4.78 is 13.6. The van der Waals surface area contributed by atoms with Crippen molar-refractivity contribution in [2.45, 2.75) is 20.4 Å². The fourth-order valence-corrected chi connectivity index (χ4v) is 3.96. The summed E-state index contributed by atoms with van der Waals surface area (Å²) in [6, 6.07) is 9.35. The van der Waals surface area contributed by atoms with Gasteiger partial charge in [0.15, 0.2) is 4.80 Å². The molecule has 1 aromatic heterocycles. The quantitative estimate of drug-likeness (QED) is 0.620. The molecular weight excluding hydrogens is 360 g/mol. The van der Waals surface area contributed by atoms with E-state index >= 15 is 0 Å². The van der Waals surface area contributed by atoms with Crippen LogP contribution in [0.15, 0.2) is 48.0 Å². The van der Waals surface area contributed by atoms with Gasteiger partial charge in [0, 0.05) is 6.54 Å². The first kappa shape index (κ1) is 18.9. The van der Waals surface area contributed by atoms with Crippen LogP contribution in [0.25, 0.3) is 10.2 Å². The van der Waals surface area contributed by atoms with E-state index in [9.17, 15) is 4.79 Å². The van der Waals surface area contributed by atoms with Crippen LogP contribution in [0, 0.1) is 13.8 Å². The van der Waals surface area contributed by atoms with E-state index in [0.717, 1.165) is 10.2 Å². The molecule has 6 heteroatoms. The van der Waals surface area contributed by atoms with Gasteiger partial charge in [-0.05, 0) is 55.3 Å². The van der Waals surface area contributed by atoms with Crippen molar-refractivity contribution in [1.82, 2.24) is 4.57 Å². The molecule has 3 aromatic rings. The van der Waals surface area contributed by atoms with Crippen molar-refractivity contribution < 1.29 is 14.3 Å². The maximum atomic E-state index is 12.9. The fraction of sp³-hybridized carbons (Fsp3) is 0.238. The number of amides is 1. The molecule has 27 heavy (non-hydrogen) atoms. The molecule has 140 valence electrons. The Morgan fingerprint density at radius 3 is 2.59 bits per heavy atom. The Balaban J connectivity index is 2.19. The van der Waals surface area contributed by atoms with Crippen molar-refractivity contribution in [1.29, 1.82) is 0 Å². The lowest BCUT2D eigenvalue weighted by Gasteiger charge is -2.07. The van der Waals surface area contributed by atoms with Crippen molar-refractivity contribution in [3.05, 3.63) is 64.5 Å².